The SMILES string of the molecule is OCC1CCCC1N1CC2(CC2)C1. The number of aliphatic hydroxyl groups excluding tert-OH is 1. The summed E-state index contributed by atoms with van der Waals surface area (Å²) in [6.07, 6.45) is 6.87. The molecule has 0 aromatic heterocycles. The number of rotatable bonds is 2. The zero-order valence-electron chi connectivity index (χ0n) is 8.21. The van der Waals surface area contributed by atoms with Crippen LogP contribution in [0.4, 0.5) is 0 Å². The molecule has 3 rings (SSSR count). The van der Waals surface area contributed by atoms with Gasteiger partial charge in [-0.25, -0.2) is 0 Å². The number of hydrogen-bond donors (Lipinski definition) is 1. The molecule has 3 aliphatic rings. The molecular weight excluding hydrogens is 162 g/mol. The summed E-state index contributed by atoms with van der Waals surface area (Å²) in [7, 11) is 0. The van der Waals surface area contributed by atoms with E-state index in [1.165, 1.54) is 45.2 Å². The van der Waals surface area contributed by atoms with Crippen molar-refractivity contribution >= 4 is 0 Å². The predicted molar refractivity (Wildman–Crippen MR) is 51.5 cm³/mol. The molecule has 13 heavy (non-hydrogen) atoms. The number of likely N-dealkylation sites (tertiary alicyclic amines) is 1. The summed E-state index contributed by atoms with van der Waals surface area (Å²) in [5, 5.41) is 9.22. The molecule has 0 amide bonds. The summed E-state index contributed by atoms with van der Waals surface area (Å²) in [6, 6.07) is 0.733. The van der Waals surface area contributed by atoms with Gasteiger partial charge in [-0.1, -0.05) is 6.42 Å². The third-order valence-electron chi connectivity index (χ3n) is 4.36. The zero-order chi connectivity index (χ0) is 8.89. The van der Waals surface area contributed by atoms with Crippen LogP contribution in [0.5, 0.6) is 0 Å². The molecule has 2 heteroatoms. The fourth-order valence-electron chi connectivity index (χ4n) is 3.25. The molecule has 74 valence electrons. The van der Waals surface area contributed by atoms with Gasteiger partial charge in [-0.15, -0.1) is 0 Å². The van der Waals surface area contributed by atoms with Crippen molar-refractivity contribution in [2.45, 2.75) is 38.1 Å². The summed E-state index contributed by atoms with van der Waals surface area (Å²) in [5.74, 6) is 0.594. The highest BCUT2D eigenvalue weighted by Crippen LogP contribution is 2.54. The van der Waals surface area contributed by atoms with Crippen molar-refractivity contribution < 1.29 is 5.11 Å². The van der Waals surface area contributed by atoms with Gasteiger partial charge in [0.05, 0.1) is 0 Å². The Kier molecular flexibility index (Phi) is 1.72. The first kappa shape index (κ1) is 8.25. The van der Waals surface area contributed by atoms with Gasteiger partial charge in [0.2, 0.25) is 0 Å². The molecule has 2 nitrogen and oxygen atoms in total. The van der Waals surface area contributed by atoms with Gasteiger partial charge in [-0.3, -0.25) is 4.90 Å². The first-order chi connectivity index (χ1) is 6.33. The fourth-order valence-corrected chi connectivity index (χ4v) is 3.25. The molecule has 1 spiro atoms. The molecule has 1 aliphatic heterocycles. The molecule has 1 N–H and O–H groups in total. The quantitative estimate of drug-likeness (QED) is 0.693. The van der Waals surface area contributed by atoms with Gasteiger partial charge in [0.1, 0.15) is 0 Å². The van der Waals surface area contributed by atoms with Crippen LogP contribution in [0.15, 0.2) is 0 Å². The molecule has 3 fully saturated rings. The van der Waals surface area contributed by atoms with E-state index in [1.54, 1.807) is 0 Å². The topological polar surface area (TPSA) is 23.5 Å². The second-order valence-corrected chi connectivity index (χ2v) is 5.35. The lowest BCUT2D eigenvalue weighted by Crippen LogP contribution is -2.54. The minimum Gasteiger partial charge on any atom is -0.396 e. The van der Waals surface area contributed by atoms with Crippen LogP contribution in [-0.4, -0.2) is 35.7 Å². The maximum atomic E-state index is 9.22. The van der Waals surface area contributed by atoms with Crippen molar-refractivity contribution in [1.29, 1.82) is 0 Å². The van der Waals surface area contributed by atoms with E-state index in [9.17, 15) is 5.11 Å². The van der Waals surface area contributed by atoms with Crippen LogP contribution < -0.4 is 0 Å². The lowest BCUT2D eigenvalue weighted by atomic mass is 9.91. The maximum Gasteiger partial charge on any atom is 0.0474 e. The molecule has 1 heterocycles. The van der Waals surface area contributed by atoms with Crippen LogP contribution in [0.1, 0.15) is 32.1 Å². The Morgan fingerprint density at radius 2 is 2.00 bits per heavy atom. The van der Waals surface area contributed by atoms with Gasteiger partial charge in [-0.2, -0.15) is 0 Å². The highest BCUT2D eigenvalue weighted by Gasteiger charge is 2.54. The van der Waals surface area contributed by atoms with Crippen molar-refractivity contribution in [2.24, 2.45) is 11.3 Å². The third-order valence-corrected chi connectivity index (χ3v) is 4.36. The largest absolute Gasteiger partial charge is 0.396 e. The van der Waals surface area contributed by atoms with E-state index in [-0.39, 0.29) is 0 Å². The van der Waals surface area contributed by atoms with Crippen LogP contribution >= 0.6 is 0 Å². The van der Waals surface area contributed by atoms with Gasteiger partial charge in [0, 0.05) is 25.7 Å². The molecule has 0 aromatic carbocycles. The van der Waals surface area contributed by atoms with Gasteiger partial charge < -0.3 is 5.11 Å². The summed E-state index contributed by atoms with van der Waals surface area (Å²) >= 11 is 0. The highest BCUT2D eigenvalue weighted by atomic mass is 16.3. The number of aliphatic hydroxyl groups is 1. The van der Waals surface area contributed by atoms with E-state index >= 15 is 0 Å². The van der Waals surface area contributed by atoms with Crippen LogP contribution in [-0.2, 0) is 0 Å². The second-order valence-electron chi connectivity index (χ2n) is 5.35. The maximum absolute atomic E-state index is 9.22. The minimum absolute atomic E-state index is 0.411. The lowest BCUT2D eigenvalue weighted by molar-refractivity contribution is 0.00878. The molecule has 2 saturated carbocycles. The lowest BCUT2D eigenvalue weighted by Gasteiger charge is -2.45. The second kappa shape index (κ2) is 2.71. The van der Waals surface area contributed by atoms with Crippen LogP contribution in [0.25, 0.3) is 0 Å². The van der Waals surface area contributed by atoms with Crippen LogP contribution in [0.2, 0.25) is 0 Å². The van der Waals surface area contributed by atoms with Crippen molar-refractivity contribution in [2.75, 3.05) is 19.7 Å². The summed E-state index contributed by atoms with van der Waals surface area (Å²) in [5.41, 5.74) is 0.780. The molecule has 0 radical (unpaired) electrons. The van der Waals surface area contributed by atoms with Crippen LogP contribution in [0.3, 0.4) is 0 Å². The van der Waals surface area contributed by atoms with Gasteiger partial charge in [-0.05, 0) is 37.0 Å². The average molecular weight is 181 g/mol. The van der Waals surface area contributed by atoms with Crippen molar-refractivity contribution in [3.8, 4) is 0 Å². The summed E-state index contributed by atoms with van der Waals surface area (Å²) in [4.78, 5) is 2.63. The third kappa shape index (κ3) is 1.23. The van der Waals surface area contributed by atoms with Gasteiger partial charge in [0.15, 0.2) is 0 Å². The Labute approximate surface area is 79.9 Å². The summed E-state index contributed by atoms with van der Waals surface area (Å²) in [6.45, 7) is 3.09. The molecule has 1 saturated heterocycles. The molecule has 2 atom stereocenters. The molecule has 0 aromatic rings. The van der Waals surface area contributed by atoms with Gasteiger partial charge >= 0.3 is 0 Å². The monoisotopic (exact) mass is 181 g/mol. The van der Waals surface area contributed by atoms with Crippen molar-refractivity contribution in [3.63, 3.8) is 0 Å². The fraction of sp³-hybridized carbons (Fsp3) is 1.00. The molecular formula is C11H19NO. The molecule has 2 unspecified atom stereocenters. The van der Waals surface area contributed by atoms with Crippen LogP contribution in [0, 0.1) is 11.3 Å². The standard InChI is InChI=1S/C11H19NO/c13-6-9-2-1-3-10(9)12-7-11(8-12)4-5-11/h9-10,13H,1-8H2. The minimum atomic E-state index is 0.411. The smallest absolute Gasteiger partial charge is 0.0474 e. The normalized spacial score (nSPS) is 42.2. The van der Waals surface area contributed by atoms with Crippen molar-refractivity contribution in [1.82, 2.24) is 4.90 Å². The predicted octanol–water partition coefficient (Wildman–Crippen LogP) is 1.24. The Hall–Kier alpha value is -0.0800. The van der Waals surface area contributed by atoms with E-state index in [4.69, 9.17) is 0 Å². The molecule has 2 aliphatic carbocycles. The number of nitrogens with zero attached hydrogens (tertiary/aromatic N) is 1. The number of hydrogen-bond acceptors (Lipinski definition) is 2. The zero-order valence-corrected chi connectivity index (χ0v) is 8.21. The first-order valence-corrected chi connectivity index (χ1v) is 5.68. The van der Waals surface area contributed by atoms with E-state index in [2.05, 4.69) is 4.90 Å². The summed E-state index contributed by atoms with van der Waals surface area (Å²) < 4.78 is 0. The Bertz CT molecular complexity index is 204. The average Bonchev–Trinajstić information content (AvgIpc) is 2.75. The Morgan fingerprint density at radius 1 is 1.23 bits per heavy atom. The van der Waals surface area contributed by atoms with E-state index in [1.807, 2.05) is 0 Å². The van der Waals surface area contributed by atoms with E-state index < -0.39 is 0 Å². The van der Waals surface area contributed by atoms with Gasteiger partial charge in [0.25, 0.3) is 0 Å². The van der Waals surface area contributed by atoms with E-state index in [0.717, 1.165) is 11.5 Å². The van der Waals surface area contributed by atoms with Crippen molar-refractivity contribution in [3.05, 3.63) is 0 Å². The van der Waals surface area contributed by atoms with E-state index in [0.29, 0.717) is 12.5 Å². The molecule has 0 bridgehead atoms. The Morgan fingerprint density at radius 3 is 2.62 bits per heavy atom. The first-order valence-electron chi connectivity index (χ1n) is 5.68. The Balaban J connectivity index is 1.59. The highest BCUT2D eigenvalue weighted by molar-refractivity contribution is 5.07.